The lowest BCUT2D eigenvalue weighted by Crippen LogP contribution is -2.30. The Labute approximate surface area is 618 Å². The summed E-state index contributed by atoms with van der Waals surface area (Å²) in [5.41, 5.74) is 0. The molecule has 0 aliphatic rings. The van der Waals surface area contributed by atoms with Crippen LogP contribution in [0, 0.1) is 17.8 Å². The van der Waals surface area contributed by atoms with Gasteiger partial charge in [0.2, 0.25) is 0 Å². The van der Waals surface area contributed by atoms with E-state index in [-0.39, 0.29) is 25.7 Å². The molecule has 0 radical (unpaired) electrons. The van der Waals surface area contributed by atoms with Crippen molar-refractivity contribution in [3.05, 3.63) is 24.3 Å². The van der Waals surface area contributed by atoms with Gasteiger partial charge in [-0.15, -0.1) is 0 Å². The topological polar surface area (TPSA) is 237 Å². The maximum absolute atomic E-state index is 13.1. The molecule has 0 spiro atoms. The highest BCUT2D eigenvalue weighted by molar-refractivity contribution is 7.47. The summed E-state index contributed by atoms with van der Waals surface area (Å²) in [6.07, 6.45) is 63.3. The average molecular weight is 1480 g/mol. The zero-order chi connectivity index (χ0) is 74.4. The first-order chi connectivity index (χ1) is 48.8. The van der Waals surface area contributed by atoms with Crippen LogP contribution in [-0.2, 0) is 65.4 Å². The second kappa shape index (κ2) is 71.8. The number of carbonyl (C=O) groups excluding carboxylic acids is 4. The Bertz CT molecular complexity index is 2060. The highest BCUT2D eigenvalue weighted by atomic mass is 31.2. The van der Waals surface area contributed by atoms with Gasteiger partial charge in [0.25, 0.3) is 0 Å². The fourth-order valence-electron chi connectivity index (χ4n) is 12.1. The lowest BCUT2D eigenvalue weighted by atomic mass is 9.99. The molecule has 3 N–H and O–H groups in total. The number of aliphatic hydroxyl groups excluding tert-OH is 1. The number of phosphoric acid groups is 2. The second-order valence-corrected chi connectivity index (χ2v) is 32.7. The third-order valence-corrected chi connectivity index (χ3v) is 21.1. The molecule has 0 rings (SSSR count). The van der Waals surface area contributed by atoms with Gasteiger partial charge in [0.15, 0.2) is 12.2 Å². The van der Waals surface area contributed by atoms with Crippen LogP contribution in [0.4, 0.5) is 0 Å². The van der Waals surface area contributed by atoms with Gasteiger partial charge >= 0.3 is 39.5 Å². The Morgan fingerprint density at radius 1 is 0.327 bits per heavy atom. The van der Waals surface area contributed by atoms with Crippen LogP contribution >= 0.6 is 15.6 Å². The predicted octanol–water partition coefficient (Wildman–Crippen LogP) is 24.1. The molecule has 596 valence electrons. The van der Waals surface area contributed by atoms with Crippen molar-refractivity contribution in [2.75, 3.05) is 39.6 Å². The molecule has 0 saturated carbocycles. The number of esters is 4. The second-order valence-electron chi connectivity index (χ2n) is 29.8. The first-order valence-electron chi connectivity index (χ1n) is 41.7. The number of aliphatic hydroxyl groups is 1. The summed E-state index contributed by atoms with van der Waals surface area (Å²) in [5.74, 6) is 0.233. The van der Waals surface area contributed by atoms with Crippen LogP contribution in [0.25, 0.3) is 0 Å². The van der Waals surface area contributed by atoms with Crippen molar-refractivity contribution in [1.29, 1.82) is 0 Å². The maximum atomic E-state index is 13.1. The molecule has 7 atom stereocenters. The number of carbonyl (C=O) groups is 4. The van der Waals surface area contributed by atoms with Gasteiger partial charge in [0, 0.05) is 25.7 Å². The minimum absolute atomic E-state index is 0.0841. The molecule has 0 aliphatic heterocycles. The fourth-order valence-corrected chi connectivity index (χ4v) is 13.6. The summed E-state index contributed by atoms with van der Waals surface area (Å²) in [7, 11) is -9.93. The number of allylic oxidation sites excluding steroid dienone is 4. The van der Waals surface area contributed by atoms with Gasteiger partial charge in [-0.25, -0.2) is 9.13 Å². The van der Waals surface area contributed by atoms with Crippen molar-refractivity contribution >= 4 is 39.5 Å². The van der Waals surface area contributed by atoms with Crippen LogP contribution in [0.15, 0.2) is 24.3 Å². The first-order valence-corrected chi connectivity index (χ1v) is 44.7. The Morgan fingerprint density at radius 2 is 0.584 bits per heavy atom. The molecule has 0 aromatic carbocycles. The van der Waals surface area contributed by atoms with Crippen LogP contribution in [-0.4, -0.2) is 96.7 Å². The van der Waals surface area contributed by atoms with Crippen molar-refractivity contribution in [3.63, 3.8) is 0 Å². The molecule has 5 unspecified atom stereocenters. The predicted molar refractivity (Wildman–Crippen MR) is 414 cm³/mol. The van der Waals surface area contributed by atoms with E-state index < -0.39 is 97.5 Å². The molecule has 0 aromatic rings. The van der Waals surface area contributed by atoms with E-state index in [0.29, 0.717) is 31.6 Å². The molecule has 0 heterocycles. The number of rotatable bonds is 78. The molecule has 0 aliphatic carbocycles. The molecule has 0 fully saturated rings. The molecule has 101 heavy (non-hydrogen) atoms. The summed E-state index contributed by atoms with van der Waals surface area (Å²) in [6.45, 7) is 11.9. The molecule has 17 nitrogen and oxygen atoms in total. The van der Waals surface area contributed by atoms with E-state index in [2.05, 4.69) is 72.8 Å². The van der Waals surface area contributed by atoms with E-state index in [4.69, 9.17) is 37.0 Å². The highest BCUT2D eigenvalue weighted by Gasteiger charge is 2.30. The summed E-state index contributed by atoms with van der Waals surface area (Å²) in [4.78, 5) is 73.0. The quantitative estimate of drug-likeness (QED) is 0.0169. The summed E-state index contributed by atoms with van der Waals surface area (Å²) < 4.78 is 68.6. The van der Waals surface area contributed by atoms with E-state index in [1.807, 2.05) is 0 Å². The monoisotopic (exact) mass is 1480 g/mol. The summed E-state index contributed by atoms with van der Waals surface area (Å²) in [5, 5.41) is 10.6. The van der Waals surface area contributed by atoms with E-state index in [1.54, 1.807) is 0 Å². The van der Waals surface area contributed by atoms with Crippen LogP contribution < -0.4 is 0 Å². The Morgan fingerprint density at radius 3 is 0.881 bits per heavy atom. The average Bonchev–Trinajstić information content (AvgIpc) is 0.931. The number of unbranched alkanes of at least 4 members (excludes halogenated alkanes) is 41. The van der Waals surface area contributed by atoms with E-state index in [0.717, 1.165) is 121 Å². The SMILES string of the molecule is CCCCCC/C=C\C=C/CCCCCCCC(=O)O[C@H](COC(=O)CCCCCCCCCC(C)C)COP(=O)(O)OCC(O)COP(=O)(O)OC[C@@H](COC(=O)CCCCCCCCCCCCCCCCCCCCC(C)CC)OC(=O)CCCCCCCCCCCCC(C)CC. The lowest BCUT2D eigenvalue weighted by Gasteiger charge is -2.21. The first kappa shape index (κ1) is 98.5. The lowest BCUT2D eigenvalue weighted by molar-refractivity contribution is -0.161. The smallest absolute Gasteiger partial charge is 0.462 e. The van der Waals surface area contributed by atoms with Gasteiger partial charge in [-0.1, -0.05) is 349 Å². The fraction of sp³-hybridized carbons (Fsp3) is 0.902. The number of hydrogen-bond acceptors (Lipinski definition) is 15. The molecule has 0 saturated heterocycles. The van der Waals surface area contributed by atoms with Gasteiger partial charge in [-0.05, 0) is 69.1 Å². The molecule has 0 amide bonds. The zero-order valence-electron chi connectivity index (χ0n) is 65.9. The van der Waals surface area contributed by atoms with Crippen LogP contribution in [0.1, 0.15) is 402 Å². The summed E-state index contributed by atoms with van der Waals surface area (Å²) in [6, 6.07) is 0. The summed E-state index contributed by atoms with van der Waals surface area (Å²) >= 11 is 0. The molecule has 19 heteroatoms. The van der Waals surface area contributed by atoms with Crippen molar-refractivity contribution in [1.82, 2.24) is 0 Å². The Kier molecular flexibility index (Phi) is 70.0. The van der Waals surface area contributed by atoms with Crippen LogP contribution in [0.2, 0.25) is 0 Å². The van der Waals surface area contributed by atoms with Gasteiger partial charge in [0.05, 0.1) is 26.4 Å². The van der Waals surface area contributed by atoms with Crippen molar-refractivity contribution < 1.29 is 80.2 Å². The molecule has 0 bridgehead atoms. The van der Waals surface area contributed by atoms with E-state index >= 15 is 0 Å². The van der Waals surface area contributed by atoms with Crippen LogP contribution in [0.5, 0.6) is 0 Å². The van der Waals surface area contributed by atoms with Crippen molar-refractivity contribution in [2.24, 2.45) is 17.8 Å². The third kappa shape index (κ3) is 72.9. The zero-order valence-corrected chi connectivity index (χ0v) is 67.6. The van der Waals surface area contributed by atoms with Crippen LogP contribution in [0.3, 0.4) is 0 Å². The molecular weight excluding hydrogens is 1320 g/mol. The number of phosphoric ester groups is 2. The maximum Gasteiger partial charge on any atom is 0.472 e. The van der Waals surface area contributed by atoms with Gasteiger partial charge in [-0.3, -0.25) is 37.3 Å². The van der Waals surface area contributed by atoms with Crippen molar-refractivity contribution in [3.8, 4) is 0 Å². The third-order valence-electron chi connectivity index (χ3n) is 19.2. The Balaban J connectivity index is 5.23. The number of ether oxygens (including phenoxy) is 4. The largest absolute Gasteiger partial charge is 0.472 e. The number of hydrogen-bond donors (Lipinski definition) is 3. The van der Waals surface area contributed by atoms with E-state index in [1.165, 1.54) is 193 Å². The molecule has 0 aromatic heterocycles. The minimum Gasteiger partial charge on any atom is -0.462 e. The normalized spacial score (nSPS) is 14.6. The standard InChI is InChI=1S/C82H156O17P2/c1-8-11-12-13-14-15-16-17-22-27-30-36-43-51-58-65-81(86)99-78(70-93-80(85)64-57-50-45-38-39-46-53-60-73(4)5)72-97-101(90,91)95-68-76(83)67-94-100(88,89)96-71-77(98-82(87)66-59-52-44-37-32-31-34-41-48-55-62-75(7)10-3)69-92-79(84)63-56-49-42-35-29-26-24-21-19-18-20-23-25-28-33-40-47-54-61-74(6)9-2/h15-17,22,73-78,83H,8-14,18-21,23-72H2,1-7H3,(H,88,89)(H,90,91)/b16-15-,22-17-/t74?,75?,76?,77-,78-/m1/s1. The minimum atomic E-state index is -4.97. The van der Waals surface area contributed by atoms with Crippen molar-refractivity contribution in [2.45, 2.75) is 420 Å². The van der Waals surface area contributed by atoms with E-state index in [9.17, 15) is 43.2 Å². The van der Waals surface area contributed by atoms with Gasteiger partial charge in [0.1, 0.15) is 19.3 Å². The highest BCUT2D eigenvalue weighted by Crippen LogP contribution is 2.45. The van der Waals surface area contributed by atoms with Gasteiger partial charge < -0.3 is 33.8 Å². The van der Waals surface area contributed by atoms with Gasteiger partial charge in [-0.2, -0.15) is 0 Å². The molecular formula is C82H156O17P2. The Hall–Kier alpha value is -2.46.